The molecule has 0 radical (unpaired) electrons. The van der Waals surface area contributed by atoms with E-state index in [0.29, 0.717) is 11.1 Å². The molecule has 2 amide bonds. The molecule has 2 heterocycles. The van der Waals surface area contributed by atoms with Gasteiger partial charge in [0.15, 0.2) is 0 Å². The molecule has 4 rings (SSSR count). The number of carboxylic acids is 1. The number of carbonyl (C=O) groups excluding carboxylic acids is 2. The van der Waals surface area contributed by atoms with E-state index in [1.807, 2.05) is 18.2 Å². The number of primary amides is 1. The molecule has 0 aliphatic heterocycles. The second-order valence-electron chi connectivity index (χ2n) is 7.80. The second kappa shape index (κ2) is 9.06. The lowest BCUT2D eigenvalue weighted by Gasteiger charge is -2.21. The van der Waals surface area contributed by atoms with Gasteiger partial charge in [-0.3, -0.25) is 14.4 Å². The molecule has 34 heavy (non-hydrogen) atoms. The number of hydrogen-bond acceptors (Lipinski definition) is 5. The van der Waals surface area contributed by atoms with Crippen LogP contribution in [0, 0.1) is 0 Å². The molecule has 4 aromatic rings. The van der Waals surface area contributed by atoms with E-state index < -0.39 is 47.5 Å². The maximum absolute atomic E-state index is 13.3. The molecule has 0 spiro atoms. The number of para-hydroxylation sites is 2. The Balaban J connectivity index is 1.83. The van der Waals surface area contributed by atoms with Crippen molar-refractivity contribution >= 4 is 39.6 Å². The van der Waals surface area contributed by atoms with Gasteiger partial charge in [0, 0.05) is 23.5 Å². The first kappa shape index (κ1) is 22.5. The fourth-order valence-corrected chi connectivity index (χ4v) is 3.94. The van der Waals surface area contributed by atoms with Crippen molar-refractivity contribution in [3.63, 3.8) is 0 Å². The van der Waals surface area contributed by atoms with Gasteiger partial charge in [-0.15, -0.1) is 0 Å². The zero-order chi connectivity index (χ0) is 24.4. The van der Waals surface area contributed by atoms with Gasteiger partial charge in [-0.2, -0.15) is 0 Å². The first-order chi connectivity index (χ1) is 16.3. The lowest BCUT2D eigenvalue weighted by atomic mass is 10.0. The van der Waals surface area contributed by atoms with Crippen molar-refractivity contribution in [2.75, 3.05) is 0 Å². The Morgan fingerprint density at radius 1 is 1.00 bits per heavy atom. The molecule has 2 aromatic carbocycles. The third-order valence-corrected chi connectivity index (χ3v) is 5.56. The fourth-order valence-electron chi connectivity index (χ4n) is 3.94. The summed E-state index contributed by atoms with van der Waals surface area (Å²) in [6.07, 6.45) is 0.910. The van der Waals surface area contributed by atoms with Gasteiger partial charge in [0.1, 0.15) is 12.1 Å². The van der Waals surface area contributed by atoms with E-state index >= 15 is 0 Å². The number of nitrogens with zero attached hydrogens (tertiary/aromatic N) is 1. The van der Waals surface area contributed by atoms with Crippen LogP contribution in [0.15, 0.2) is 64.3 Å². The molecule has 0 unspecified atom stereocenters. The van der Waals surface area contributed by atoms with Crippen molar-refractivity contribution in [2.24, 2.45) is 5.73 Å². The number of hydrogen-bond donors (Lipinski definition) is 5. The van der Waals surface area contributed by atoms with E-state index in [2.05, 4.69) is 15.3 Å². The summed E-state index contributed by atoms with van der Waals surface area (Å²) in [4.78, 5) is 68.0. The molecule has 0 saturated carbocycles. The maximum atomic E-state index is 13.3. The Morgan fingerprint density at radius 3 is 2.32 bits per heavy atom. The van der Waals surface area contributed by atoms with Crippen molar-refractivity contribution in [3.8, 4) is 0 Å². The van der Waals surface area contributed by atoms with Crippen LogP contribution in [0.4, 0.5) is 0 Å². The predicted octanol–water partition coefficient (Wildman–Crippen LogP) is 0.400. The molecular weight excluding hydrogens is 442 g/mol. The third-order valence-electron chi connectivity index (χ3n) is 5.56. The minimum absolute atomic E-state index is 0.0971. The van der Waals surface area contributed by atoms with Crippen LogP contribution in [0.1, 0.15) is 18.0 Å². The summed E-state index contributed by atoms with van der Waals surface area (Å²) in [5.74, 6) is -3.32. The highest BCUT2D eigenvalue weighted by atomic mass is 16.4. The van der Waals surface area contributed by atoms with Crippen molar-refractivity contribution in [2.45, 2.75) is 24.9 Å². The first-order valence-electron chi connectivity index (χ1n) is 10.4. The molecule has 2 aromatic heterocycles. The molecule has 0 fully saturated rings. The molecule has 0 aliphatic rings. The molecule has 11 heteroatoms. The molecule has 0 saturated heterocycles. The number of aromatic amines is 2. The van der Waals surface area contributed by atoms with Crippen LogP contribution in [-0.4, -0.2) is 43.5 Å². The number of benzene rings is 2. The molecule has 0 aliphatic carbocycles. The number of amides is 2. The van der Waals surface area contributed by atoms with Gasteiger partial charge < -0.3 is 26.1 Å². The number of fused-ring (bicyclic) bond motifs is 2. The number of H-pyrrole nitrogens is 2. The molecule has 11 nitrogen and oxygen atoms in total. The van der Waals surface area contributed by atoms with E-state index in [1.54, 1.807) is 30.5 Å². The topological polar surface area (TPSA) is 180 Å². The Kier molecular flexibility index (Phi) is 6.00. The lowest BCUT2D eigenvalue weighted by Crippen LogP contribution is -2.50. The average Bonchev–Trinajstić information content (AvgIpc) is 3.20. The average molecular weight is 463 g/mol. The highest BCUT2D eigenvalue weighted by Gasteiger charge is 2.30. The zero-order valence-electron chi connectivity index (χ0n) is 17.8. The summed E-state index contributed by atoms with van der Waals surface area (Å²) in [6.45, 7) is 0. The van der Waals surface area contributed by atoms with Gasteiger partial charge >= 0.3 is 11.7 Å². The fraction of sp³-hybridized carbons (Fsp3) is 0.174. The highest BCUT2D eigenvalue weighted by Crippen LogP contribution is 2.22. The van der Waals surface area contributed by atoms with Gasteiger partial charge in [-0.05, 0) is 23.8 Å². The highest BCUT2D eigenvalue weighted by molar-refractivity contribution is 5.90. The summed E-state index contributed by atoms with van der Waals surface area (Å²) >= 11 is 0. The SMILES string of the molecule is NC(=O)C[C@@H](NC(=O)[C@@H](Cc1c[nH]c2ccccc12)n1c(=O)[nH]c2ccccc2c1=O)C(=O)O. The molecule has 2 atom stereocenters. The van der Waals surface area contributed by atoms with Crippen LogP contribution in [0.3, 0.4) is 0 Å². The third kappa shape index (κ3) is 4.31. The van der Waals surface area contributed by atoms with Crippen LogP contribution < -0.4 is 22.3 Å². The van der Waals surface area contributed by atoms with Crippen LogP contribution in [0.5, 0.6) is 0 Å². The van der Waals surface area contributed by atoms with E-state index in [9.17, 15) is 29.1 Å². The van der Waals surface area contributed by atoms with Crippen LogP contribution in [0.2, 0.25) is 0 Å². The standard InChI is InChI=1S/C23H21N5O6/c24-19(29)10-17(22(32)33)26-20(30)18(9-12-11-25-15-7-3-1-5-13(12)15)28-21(31)14-6-2-4-8-16(14)27-23(28)34/h1-8,11,17-18,25H,9-10H2,(H2,24,29)(H,26,30)(H,27,34)(H,32,33)/t17-,18-/m1/s1. The largest absolute Gasteiger partial charge is 0.480 e. The van der Waals surface area contributed by atoms with Crippen molar-refractivity contribution in [3.05, 3.63) is 81.1 Å². The van der Waals surface area contributed by atoms with Gasteiger partial charge in [0.25, 0.3) is 5.56 Å². The van der Waals surface area contributed by atoms with E-state index in [-0.39, 0.29) is 11.8 Å². The monoisotopic (exact) mass is 463 g/mol. The Hall–Kier alpha value is -4.67. The van der Waals surface area contributed by atoms with Crippen molar-refractivity contribution in [1.29, 1.82) is 0 Å². The number of carbonyl (C=O) groups is 3. The van der Waals surface area contributed by atoms with Crippen LogP contribution in [-0.2, 0) is 20.8 Å². The van der Waals surface area contributed by atoms with E-state index in [1.165, 1.54) is 6.07 Å². The van der Waals surface area contributed by atoms with Crippen molar-refractivity contribution in [1.82, 2.24) is 19.9 Å². The first-order valence-corrected chi connectivity index (χ1v) is 10.4. The van der Waals surface area contributed by atoms with Crippen molar-refractivity contribution < 1.29 is 19.5 Å². The Morgan fingerprint density at radius 2 is 1.65 bits per heavy atom. The van der Waals surface area contributed by atoms with Crippen LogP contribution in [0.25, 0.3) is 21.8 Å². The number of rotatable bonds is 8. The summed E-state index contributed by atoms with van der Waals surface area (Å²) in [5.41, 5.74) is 5.30. The molecule has 174 valence electrons. The van der Waals surface area contributed by atoms with Gasteiger partial charge in [-0.25, -0.2) is 14.2 Å². The second-order valence-corrected chi connectivity index (χ2v) is 7.80. The Bertz CT molecular complexity index is 1530. The van der Waals surface area contributed by atoms with Gasteiger partial charge in [0.05, 0.1) is 17.3 Å². The summed E-state index contributed by atoms with van der Waals surface area (Å²) < 4.78 is 0.766. The normalized spacial score (nSPS) is 12.9. The van der Waals surface area contributed by atoms with E-state index in [0.717, 1.165) is 15.5 Å². The summed E-state index contributed by atoms with van der Waals surface area (Å²) in [6, 6.07) is 10.6. The number of carboxylic acid groups (broad SMARTS) is 1. The Labute approximate surface area is 191 Å². The number of aliphatic carboxylic acids is 1. The van der Waals surface area contributed by atoms with Gasteiger partial charge in [0.2, 0.25) is 11.8 Å². The smallest absolute Gasteiger partial charge is 0.329 e. The summed E-state index contributed by atoms with van der Waals surface area (Å²) in [5, 5.41) is 12.6. The minimum Gasteiger partial charge on any atom is -0.480 e. The minimum atomic E-state index is -1.62. The maximum Gasteiger partial charge on any atom is 0.329 e. The molecule has 6 N–H and O–H groups in total. The number of nitrogens with two attached hydrogens (primary N) is 1. The predicted molar refractivity (Wildman–Crippen MR) is 123 cm³/mol. The number of nitrogens with one attached hydrogen (secondary N) is 3. The quantitative estimate of drug-likeness (QED) is 0.252. The number of aromatic nitrogens is 3. The van der Waals surface area contributed by atoms with E-state index in [4.69, 9.17) is 5.73 Å². The molecular formula is C23H21N5O6. The van der Waals surface area contributed by atoms with Gasteiger partial charge in [-0.1, -0.05) is 30.3 Å². The molecule has 0 bridgehead atoms. The zero-order valence-corrected chi connectivity index (χ0v) is 17.8. The lowest BCUT2D eigenvalue weighted by molar-refractivity contribution is -0.143. The van der Waals surface area contributed by atoms with Crippen LogP contribution >= 0.6 is 0 Å². The summed E-state index contributed by atoms with van der Waals surface area (Å²) in [7, 11) is 0.